The highest BCUT2D eigenvalue weighted by atomic mass is 19.4. The lowest BCUT2D eigenvalue weighted by atomic mass is 10.1. The van der Waals surface area contributed by atoms with Gasteiger partial charge in [0, 0.05) is 30.6 Å². The number of hydrogen-bond acceptors (Lipinski definition) is 6. The Bertz CT molecular complexity index is 1600. The van der Waals surface area contributed by atoms with Crippen molar-refractivity contribution in [1.29, 1.82) is 0 Å². The van der Waals surface area contributed by atoms with Crippen molar-refractivity contribution in [1.82, 2.24) is 19.6 Å². The number of nitrogens with zero attached hydrogens (tertiary/aromatic N) is 3. The summed E-state index contributed by atoms with van der Waals surface area (Å²) in [6.07, 6.45) is -4.78. The number of aromatic amines is 1. The third kappa shape index (κ3) is 3.28. The monoisotopic (exact) mass is 469 g/mol. The lowest BCUT2D eigenvalue weighted by Gasteiger charge is -2.07. The molecule has 0 fully saturated rings. The van der Waals surface area contributed by atoms with Crippen molar-refractivity contribution in [3.63, 3.8) is 0 Å². The second-order valence-corrected chi connectivity index (χ2v) is 7.57. The minimum Gasteiger partial charge on any atom is -0.494 e. The van der Waals surface area contributed by atoms with Crippen LogP contribution < -0.4 is 15.6 Å². The van der Waals surface area contributed by atoms with Crippen LogP contribution in [0.5, 0.6) is 5.75 Å². The van der Waals surface area contributed by atoms with Gasteiger partial charge in [-0.05, 0) is 12.5 Å². The van der Waals surface area contributed by atoms with E-state index < -0.39 is 17.4 Å². The minimum atomic E-state index is -4.78. The Balaban J connectivity index is 1.81. The van der Waals surface area contributed by atoms with Crippen molar-refractivity contribution in [3.05, 3.63) is 64.2 Å². The molecule has 2 N–H and O–H groups in total. The van der Waals surface area contributed by atoms with Crippen LogP contribution in [0.15, 0.2) is 51.7 Å². The molecule has 0 saturated carbocycles. The van der Waals surface area contributed by atoms with Gasteiger partial charge in [-0.15, -0.1) is 0 Å². The zero-order valence-electron chi connectivity index (χ0n) is 18.2. The van der Waals surface area contributed by atoms with Crippen LogP contribution in [0.25, 0.3) is 39.3 Å². The summed E-state index contributed by atoms with van der Waals surface area (Å²) < 4.78 is 53.5. The number of nitrogens with one attached hydrogen (secondary N) is 2. The molecule has 0 aliphatic heterocycles. The molecule has 0 aliphatic carbocycles. The molecule has 0 aliphatic rings. The maximum atomic E-state index is 13.9. The second-order valence-electron chi connectivity index (χ2n) is 7.57. The van der Waals surface area contributed by atoms with Gasteiger partial charge in [0.1, 0.15) is 11.2 Å². The molecular formula is C23H18F3N5O3. The van der Waals surface area contributed by atoms with Gasteiger partial charge in [-0.25, -0.2) is 4.98 Å². The molecule has 8 nitrogen and oxygen atoms in total. The first-order valence-corrected chi connectivity index (χ1v) is 10.2. The number of ether oxygens (including phenoxy) is 1. The van der Waals surface area contributed by atoms with E-state index in [0.29, 0.717) is 27.1 Å². The van der Waals surface area contributed by atoms with E-state index in [1.165, 1.54) is 19.2 Å². The molecule has 0 amide bonds. The van der Waals surface area contributed by atoms with E-state index in [1.54, 1.807) is 44.3 Å². The van der Waals surface area contributed by atoms with Crippen molar-refractivity contribution < 1.29 is 22.3 Å². The van der Waals surface area contributed by atoms with E-state index in [2.05, 4.69) is 20.4 Å². The largest absolute Gasteiger partial charge is 0.494 e. The van der Waals surface area contributed by atoms with E-state index >= 15 is 0 Å². The highest BCUT2D eigenvalue weighted by Gasteiger charge is 2.39. The molecule has 3 heterocycles. The molecule has 5 rings (SSSR count). The standard InChI is InChI=1S/C23H18F3N5O3/c1-11-16(21-29-18-14(33-3)9-13(27-2)10-15(18)34-21)22(32)31-20(28-11)17(12-7-5-4-6-8-12)19(30-31)23(24,25)26/h4-10,27-28H,1-3H3. The summed E-state index contributed by atoms with van der Waals surface area (Å²) in [5.41, 5.74) is -0.305. The van der Waals surface area contributed by atoms with Gasteiger partial charge >= 0.3 is 6.18 Å². The van der Waals surface area contributed by atoms with Gasteiger partial charge in [-0.1, -0.05) is 30.3 Å². The Hall–Kier alpha value is -4.28. The predicted molar refractivity (Wildman–Crippen MR) is 120 cm³/mol. The Morgan fingerprint density at radius 3 is 2.53 bits per heavy atom. The normalized spacial score (nSPS) is 11.9. The number of hydrogen-bond donors (Lipinski definition) is 2. The minimum absolute atomic E-state index is 0.0346. The third-order valence-corrected chi connectivity index (χ3v) is 5.49. The number of aryl methyl sites for hydroxylation is 1. The van der Waals surface area contributed by atoms with Crippen molar-refractivity contribution in [2.45, 2.75) is 13.1 Å². The number of rotatable bonds is 4. The summed E-state index contributed by atoms with van der Waals surface area (Å²) in [6.45, 7) is 1.57. The summed E-state index contributed by atoms with van der Waals surface area (Å²) in [7, 11) is 3.20. The molecule has 0 radical (unpaired) electrons. The Kier molecular flexibility index (Phi) is 4.85. The van der Waals surface area contributed by atoms with Gasteiger partial charge in [0.15, 0.2) is 22.5 Å². The highest BCUT2D eigenvalue weighted by Crippen LogP contribution is 2.39. The summed E-state index contributed by atoms with van der Waals surface area (Å²) in [6, 6.07) is 11.4. The summed E-state index contributed by atoms with van der Waals surface area (Å²) in [4.78, 5) is 20.7. The van der Waals surface area contributed by atoms with Gasteiger partial charge in [0.25, 0.3) is 5.56 Å². The lowest BCUT2D eigenvalue weighted by Crippen LogP contribution is -2.19. The first-order chi connectivity index (χ1) is 16.2. The second kappa shape index (κ2) is 7.65. The Morgan fingerprint density at radius 1 is 1.15 bits per heavy atom. The number of H-pyrrole nitrogens is 1. The van der Waals surface area contributed by atoms with Crippen LogP contribution >= 0.6 is 0 Å². The van der Waals surface area contributed by atoms with Crippen LogP contribution in [0.4, 0.5) is 18.9 Å². The van der Waals surface area contributed by atoms with Gasteiger partial charge in [-0.3, -0.25) is 4.79 Å². The molecule has 0 saturated heterocycles. The molecule has 174 valence electrons. The average molecular weight is 469 g/mol. The highest BCUT2D eigenvalue weighted by molar-refractivity contribution is 5.86. The van der Waals surface area contributed by atoms with Crippen LogP contribution in [-0.4, -0.2) is 33.7 Å². The van der Waals surface area contributed by atoms with E-state index in [-0.39, 0.29) is 33.9 Å². The van der Waals surface area contributed by atoms with Crippen molar-refractivity contribution in [3.8, 4) is 28.3 Å². The molecule has 0 atom stereocenters. The van der Waals surface area contributed by atoms with Gasteiger partial charge in [0.2, 0.25) is 5.89 Å². The molecule has 34 heavy (non-hydrogen) atoms. The number of alkyl halides is 3. The first kappa shape index (κ1) is 21.6. The van der Waals surface area contributed by atoms with Crippen LogP contribution in [-0.2, 0) is 6.18 Å². The van der Waals surface area contributed by atoms with Gasteiger partial charge in [-0.2, -0.15) is 22.8 Å². The first-order valence-electron chi connectivity index (χ1n) is 10.2. The zero-order valence-corrected chi connectivity index (χ0v) is 18.2. The molecule has 2 aromatic carbocycles. The number of aromatic nitrogens is 4. The quantitative estimate of drug-likeness (QED) is 0.390. The number of halogens is 3. The zero-order chi connectivity index (χ0) is 24.2. The summed E-state index contributed by atoms with van der Waals surface area (Å²) >= 11 is 0. The maximum Gasteiger partial charge on any atom is 0.435 e. The number of fused-ring (bicyclic) bond motifs is 2. The fraction of sp³-hybridized carbons (Fsp3) is 0.174. The van der Waals surface area contributed by atoms with E-state index in [4.69, 9.17) is 9.15 Å². The average Bonchev–Trinajstić information content (AvgIpc) is 3.40. The SMILES string of the molecule is CNc1cc(OC)c2nc(-c3c(C)[nH]c4c(-c5ccccc5)c(C(F)(F)F)nn4c3=O)oc2c1. The number of methoxy groups -OCH3 is 1. The third-order valence-electron chi connectivity index (χ3n) is 5.49. The summed E-state index contributed by atoms with van der Waals surface area (Å²) in [5.74, 6) is 0.351. The maximum absolute atomic E-state index is 13.9. The number of anilines is 1. The van der Waals surface area contributed by atoms with Crippen molar-refractivity contribution >= 4 is 22.4 Å². The molecule has 0 spiro atoms. The van der Waals surface area contributed by atoms with E-state index in [1.807, 2.05) is 0 Å². The smallest absolute Gasteiger partial charge is 0.435 e. The van der Waals surface area contributed by atoms with Gasteiger partial charge < -0.3 is 19.5 Å². The van der Waals surface area contributed by atoms with Crippen molar-refractivity contribution in [2.24, 2.45) is 0 Å². The molecular weight excluding hydrogens is 451 g/mol. The Morgan fingerprint density at radius 2 is 1.88 bits per heavy atom. The number of oxazole rings is 1. The van der Waals surface area contributed by atoms with Crippen LogP contribution in [0, 0.1) is 6.92 Å². The van der Waals surface area contributed by atoms with Crippen LogP contribution in [0.1, 0.15) is 11.4 Å². The molecule has 0 bridgehead atoms. The van der Waals surface area contributed by atoms with Crippen LogP contribution in [0.3, 0.4) is 0 Å². The van der Waals surface area contributed by atoms with E-state index in [9.17, 15) is 18.0 Å². The molecule has 0 unspecified atom stereocenters. The molecule has 11 heteroatoms. The molecule has 5 aromatic rings. The lowest BCUT2D eigenvalue weighted by molar-refractivity contribution is -0.140. The Labute approximate surface area is 190 Å². The topological polar surface area (TPSA) is 97.5 Å². The molecule has 3 aromatic heterocycles. The summed E-state index contributed by atoms with van der Waals surface area (Å²) in [5, 5.41) is 6.62. The fourth-order valence-corrected chi connectivity index (χ4v) is 3.92. The predicted octanol–water partition coefficient (Wildman–Crippen LogP) is 4.88. The fourth-order valence-electron chi connectivity index (χ4n) is 3.92. The number of benzene rings is 2. The van der Waals surface area contributed by atoms with Gasteiger partial charge in [0.05, 0.1) is 12.7 Å². The van der Waals surface area contributed by atoms with E-state index in [0.717, 1.165) is 0 Å². The van der Waals surface area contributed by atoms with Crippen LogP contribution in [0.2, 0.25) is 0 Å². The van der Waals surface area contributed by atoms with Crippen molar-refractivity contribution in [2.75, 3.05) is 19.5 Å².